The molecule has 0 aromatic heterocycles. The van der Waals surface area contributed by atoms with Crippen molar-refractivity contribution in [3.05, 3.63) is 29.8 Å². The molecule has 0 aliphatic carbocycles. The molecule has 2 saturated heterocycles. The average Bonchev–Trinajstić information content (AvgIpc) is 2.72. The predicted octanol–water partition coefficient (Wildman–Crippen LogP) is 3.06. The number of thioether (sulfide) groups is 1. The number of guanidine groups is 1. The first kappa shape index (κ1) is 20.3. The number of aliphatic imine (C=N–C) groups is 1. The molecule has 2 aliphatic heterocycles. The lowest BCUT2D eigenvalue weighted by Gasteiger charge is -2.36. The summed E-state index contributed by atoms with van der Waals surface area (Å²) in [5.41, 5.74) is 2.54. The van der Waals surface area contributed by atoms with E-state index in [1.807, 2.05) is 0 Å². The zero-order valence-electron chi connectivity index (χ0n) is 17.0. The monoisotopic (exact) mass is 390 g/mol. The number of anilines is 1. The summed E-state index contributed by atoms with van der Waals surface area (Å²) in [6.45, 7) is 14.2. The Morgan fingerprint density at radius 3 is 2.63 bits per heavy atom. The van der Waals surface area contributed by atoms with Crippen molar-refractivity contribution in [1.82, 2.24) is 10.2 Å². The smallest absolute Gasteiger partial charge is 0.194 e. The minimum Gasteiger partial charge on any atom is -0.378 e. The third-order valence-corrected chi connectivity index (χ3v) is 6.74. The van der Waals surface area contributed by atoms with Crippen molar-refractivity contribution in [3.63, 3.8) is 0 Å². The van der Waals surface area contributed by atoms with Gasteiger partial charge in [0.15, 0.2) is 5.96 Å². The number of hydrogen-bond acceptors (Lipinski definition) is 4. The number of nitrogens with one attached hydrogen (secondary N) is 1. The molecule has 1 aromatic rings. The summed E-state index contributed by atoms with van der Waals surface area (Å²) >= 11 is 2.10. The minimum atomic E-state index is 0.690. The summed E-state index contributed by atoms with van der Waals surface area (Å²) in [6.07, 6.45) is 0. The van der Waals surface area contributed by atoms with Gasteiger partial charge in [-0.2, -0.15) is 11.8 Å². The predicted molar refractivity (Wildman–Crippen MR) is 117 cm³/mol. The standard InChI is InChI=1S/C21H34N4OS/c1-4-22-21(25-11-14-27-20(16-25)17(2)3)23-15-18-5-7-19(8-6-18)24-9-12-26-13-10-24/h5-8,17,20H,4,9-16H2,1-3H3,(H,22,23). The summed E-state index contributed by atoms with van der Waals surface area (Å²) in [5.74, 6) is 2.94. The highest BCUT2D eigenvalue weighted by molar-refractivity contribution is 8.00. The van der Waals surface area contributed by atoms with Gasteiger partial charge in [0.1, 0.15) is 0 Å². The second-order valence-electron chi connectivity index (χ2n) is 7.54. The number of rotatable bonds is 5. The zero-order valence-corrected chi connectivity index (χ0v) is 17.8. The van der Waals surface area contributed by atoms with Gasteiger partial charge in [-0.25, -0.2) is 4.99 Å². The second kappa shape index (κ2) is 10.2. The molecule has 1 aromatic carbocycles. The van der Waals surface area contributed by atoms with E-state index in [-0.39, 0.29) is 0 Å². The Labute approximate surface area is 168 Å². The van der Waals surface area contributed by atoms with Crippen LogP contribution in [0.25, 0.3) is 0 Å². The van der Waals surface area contributed by atoms with Crippen LogP contribution in [0.3, 0.4) is 0 Å². The fourth-order valence-electron chi connectivity index (χ4n) is 3.50. The Balaban J connectivity index is 1.62. The highest BCUT2D eigenvalue weighted by Crippen LogP contribution is 2.25. The molecule has 0 spiro atoms. The van der Waals surface area contributed by atoms with Gasteiger partial charge in [0.05, 0.1) is 19.8 Å². The number of hydrogen-bond donors (Lipinski definition) is 1. The maximum absolute atomic E-state index is 5.44. The van der Waals surface area contributed by atoms with Crippen LogP contribution in [0, 0.1) is 5.92 Å². The van der Waals surface area contributed by atoms with Crippen molar-refractivity contribution in [3.8, 4) is 0 Å². The van der Waals surface area contributed by atoms with Crippen LogP contribution in [0.1, 0.15) is 26.3 Å². The van der Waals surface area contributed by atoms with Gasteiger partial charge >= 0.3 is 0 Å². The maximum Gasteiger partial charge on any atom is 0.194 e. The Morgan fingerprint density at radius 2 is 1.96 bits per heavy atom. The van der Waals surface area contributed by atoms with E-state index >= 15 is 0 Å². The number of nitrogens with zero attached hydrogens (tertiary/aromatic N) is 3. The van der Waals surface area contributed by atoms with Crippen molar-refractivity contribution in [1.29, 1.82) is 0 Å². The van der Waals surface area contributed by atoms with Crippen LogP contribution in [0.5, 0.6) is 0 Å². The van der Waals surface area contributed by atoms with Crippen LogP contribution < -0.4 is 10.2 Å². The van der Waals surface area contributed by atoms with E-state index in [0.717, 1.165) is 58.4 Å². The number of benzene rings is 1. The van der Waals surface area contributed by atoms with Crippen molar-refractivity contribution in [2.24, 2.45) is 10.9 Å². The number of ether oxygens (including phenoxy) is 1. The highest BCUT2D eigenvalue weighted by Gasteiger charge is 2.24. The summed E-state index contributed by atoms with van der Waals surface area (Å²) < 4.78 is 5.44. The molecule has 1 atom stereocenters. The van der Waals surface area contributed by atoms with Crippen LogP contribution in [0.2, 0.25) is 0 Å². The summed E-state index contributed by atoms with van der Waals surface area (Å²) in [7, 11) is 0. The second-order valence-corrected chi connectivity index (χ2v) is 8.88. The largest absolute Gasteiger partial charge is 0.378 e. The van der Waals surface area contributed by atoms with E-state index in [2.05, 4.69) is 71.9 Å². The van der Waals surface area contributed by atoms with Crippen molar-refractivity contribution in [2.75, 3.05) is 56.6 Å². The van der Waals surface area contributed by atoms with Gasteiger partial charge in [-0.15, -0.1) is 0 Å². The Hall–Kier alpha value is -1.40. The summed E-state index contributed by atoms with van der Waals surface area (Å²) in [4.78, 5) is 9.76. The van der Waals surface area contributed by atoms with E-state index in [9.17, 15) is 0 Å². The maximum atomic E-state index is 5.44. The first-order valence-electron chi connectivity index (χ1n) is 10.2. The van der Waals surface area contributed by atoms with Crippen molar-refractivity contribution >= 4 is 23.4 Å². The molecule has 2 heterocycles. The van der Waals surface area contributed by atoms with Gasteiger partial charge in [0.25, 0.3) is 0 Å². The van der Waals surface area contributed by atoms with E-state index in [1.165, 1.54) is 17.0 Å². The first-order chi connectivity index (χ1) is 13.2. The molecule has 0 amide bonds. The van der Waals surface area contributed by atoms with E-state index < -0.39 is 0 Å². The highest BCUT2D eigenvalue weighted by atomic mass is 32.2. The molecule has 5 nitrogen and oxygen atoms in total. The Kier molecular flexibility index (Phi) is 7.70. The van der Waals surface area contributed by atoms with Gasteiger partial charge in [-0.05, 0) is 30.5 Å². The fraction of sp³-hybridized carbons (Fsp3) is 0.667. The van der Waals surface area contributed by atoms with Crippen LogP contribution in [0.4, 0.5) is 5.69 Å². The first-order valence-corrected chi connectivity index (χ1v) is 11.3. The van der Waals surface area contributed by atoms with Crippen LogP contribution in [0.15, 0.2) is 29.3 Å². The average molecular weight is 391 g/mol. The number of morpholine rings is 1. The summed E-state index contributed by atoms with van der Waals surface area (Å²) in [6, 6.07) is 8.85. The third-order valence-electron chi connectivity index (χ3n) is 5.20. The van der Waals surface area contributed by atoms with Gasteiger partial charge < -0.3 is 19.9 Å². The Morgan fingerprint density at radius 1 is 1.22 bits per heavy atom. The van der Waals surface area contributed by atoms with E-state index in [0.29, 0.717) is 11.2 Å². The third kappa shape index (κ3) is 5.79. The lowest BCUT2D eigenvalue weighted by Crippen LogP contribution is -2.49. The molecule has 3 rings (SSSR count). The molecule has 2 aliphatic rings. The van der Waals surface area contributed by atoms with Crippen LogP contribution in [-0.2, 0) is 11.3 Å². The van der Waals surface area contributed by atoms with Gasteiger partial charge in [-0.3, -0.25) is 0 Å². The van der Waals surface area contributed by atoms with E-state index in [4.69, 9.17) is 9.73 Å². The van der Waals surface area contributed by atoms with Crippen molar-refractivity contribution < 1.29 is 4.74 Å². The molecule has 150 valence electrons. The molecule has 0 bridgehead atoms. The molecular weight excluding hydrogens is 356 g/mol. The van der Waals surface area contributed by atoms with Gasteiger partial charge in [0.2, 0.25) is 0 Å². The normalized spacial score (nSPS) is 21.6. The molecule has 1 N–H and O–H groups in total. The minimum absolute atomic E-state index is 0.690. The zero-order chi connectivity index (χ0) is 19.1. The Bertz CT molecular complexity index is 599. The lowest BCUT2D eigenvalue weighted by molar-refractivity contribution is 0.122. The van der Waals surface area contributed by atoms with Crippen LogP contribution >= 0.6 is 11.8 Å². The molecule has 6 heteroatoms. The quantitative estimate of drug-likeness (QED) is 0.618. The molecule has 1 unspecified atom stereocenters. The molecule has 0 saturated carbocycles. The molecular formula is C21H34N4OS. The van der Waals surface area contributed by atoms with Crippen molar-refractivity contribution in [2.45, 2.75) is 32.6 Å². The topological polar surface area (TPSA) is 40.1 Å². The van der Waals surface area contributed by atoms with E-state index in [1.54, 1.807) is 0 Å². The SMILES string of the molecule is CCNC(=NCc1ccc(N2CCOCC2)cc1)N1CCSC(C(C)C)C1. The molecule has 27 heavy (non-hydrogen) atoms. The fourth-order valence-corrected chi connectivity index (χ4v) is 4.80. The van der Waals surface area contributed by atoms with Gasteiger partial charge in [0, 0.05) is 49.4 Å². The van der Waals surface area contributed by atoms with Gasteiger partial charge in [-0.1, -0.05) is 26.0 Å². The molecule has 2 fully saturated rings. The summed E-state index contributed by atoms with van der Waals surface area (Å²) in [5, 5.41) is 4.18. The lowest BCUT2D eigenvalue weighted by atomic mass is 10.1. The molecule has 0 radical (unpaired) electrons. The van der Waals surface area contributed by atoms with Crippen LogP contribution in [-0.4, -0.2) is 67.8 Å².